The minimum atomic E-state index is -0.498. The topological polar surface area (TPSA) is 84.3 Å². The first-order valence-electron chi connectivity index (χ1n) is 9.82. The van der Waals surface area contributed by atoms with Gasteiger partial charge in [-0.15, -0.1) is 11.3 Å². The quantitative estimate of drug-likeness (QED) is 0.639. The fourth-order valence-electron chi connectivity index (χ4n) is 3.63. The number of hydrogen-bond acceptors (Lipinski definition) is 5. The molecule has 1 aliphatic rings. The van der Waals surface area contributed by atoms with Crippen molar-refractivity contribution in [3.8, 4) is 0 Å². The maximum Gasteiger partial charge on any atom is 0.264 e. The van der Waals surface area contributed by atoms with Crippen molar-refractivity contribution in [3.05, 3.63) is 70.4 Å². The number of imidazole rings is 1. The van der Waals surface area contributed by atoms with Gasteiger partial charge < -0.3 is 14.8 Å². The van der Waals surface area contributed by atoms with Gasteiger partial charge in [-0.05, 0) is 55.0 Å². The Morgan fingerprint density at radius 3 is 2.60 bits per heavy atom. The molecule has 3 heterocycles. The molecule has 7 nitrogen and oxygen atoms in total. The Balaban J connectivity index is 1.45. The number of carbonyl (C=O) groups excluding carboxylic acids is 3. The second kappa shape index (κ2) is 8.62. The SMILES string of the molecule is Cn1ccnc1C(=O)c1ccc(NC(=O)[C@@H]2CCCCN2C(=O)c2cccs2)cc1. The van der Waals surface area contributed by atoms with Gasteiger partial charge in [-0.3, -0.25) is 14.4 Å². The Morgan fingerprint density at radius 1 is 1.13 bits per heavy atom. The van der Waals surface area contributed by atoms with Gasteiger partial charge in [0.1, 0.15) is 6.04 Å². The fourth-order valence-corrected chi connectivity index (χ4v) is 4.31. The summed E-state index contributed by atoms with van der Waals surface area (Å²) in [5.41, 5.74) is 1.08. The minimum absolute atomic E-state index is 0.0964. The summed E-state index contributed by atoms with van der Waals surface area (Å²) < 4.78 is 1.67. The highest BCUT2D eigenvalue weighted by Crippen LogP contribution is 2.23. The van der Waals surface area contributed by atoms with Gasteiger partial charge in [0.05, 0.1) is 4.88 Å². The molecule has 3 aromatic rings. The number of benzene rings is 1. The number of ketones is 1. The van der Waals surface area contributed by atoms with Gasteiger partial charge in [-0.25, -0.2) is 4.98 Å². The van der Waals surface area contributed by atoms with Crippen LogP contribution in [-0.2, 0) is 11.8 Å². The van der Waals surface area contributed by atoms with Crippen molar-refractivity contribution >= 4 is 34.6 Å². The summed E-state index contributed by atoms with van der Waals surface area (Å²) in [5.74, 6) is -0.124. The molecule has 0 saturated carbocycles. The van der Waals surface area contributed by atoms with Crippen LogP contribution in [0, 0.1) is 0 Å². The molecule has 1 fully saturated rings. The maximum atomic E-state index is 12.9. The highest BCUT2D eigenvalue weighted by Gasteiger charge is 2.33. The molecular formula is C22H22N4O3S. The number of nitrogens with one attached hydrogen (secondary N) is 1. The first-order valence-corrected chi connectivity index (χ1v) is 10.7. The van der Waals surface area contributed by atoms with Crippen LogP contribution in [0.15, 0.2) is 54.2 Å². The average molecular weight is 423 g/mol. The monoisotopic (exact) mass is 422 g/mol. The Bertz CT molecular complexity index is 1060. The van der Waals surface area contributed by atoms with Gasteiger partial charge in [-0.2, -0.15) is 0 Å². The Hall–Kier alpha value is -3.26. The summed E-state index contributed by atoms with van der Waals surface area (Å²) in [5, 5.41) is 4.75. The van der Waals surface area contributed by atoms with Crippen LogP contribution in [0.1, 0.15) is 45.1 Å². The normalized spacial score (nSPS) is 16.3. The molecule has 2 aromatic heterocycles. The second-order valence-electron chi connectivity index (χ2n) is 7.24. The number of rotatable bonds is 5. The van der Waals surface area contributed by atoms with E-state index in [1.807, 2.05) is 11.4 Å². The predicted molar refractivity (Wildman–Crippen MR) is 115 cm³/mol. The van der Waals surface area contributed by atoms with E-state index in [0.717, 1.165) is 12.8 Å². The van der Waals surface area contributed by atoms with Gasteiger partial charge in [0.15, 0.2) is 5.82 Å². The van der Waals surface area contributed by atoms with Crippen molar-refractivity contribution in [1.29, 1.82) is 0 Å². The number of piperidine rings is 1. The summed E-state index contributed by atoms with van der Waals surface area (Å²) in [7, 11) is 1.77. The van der Waals surface area contributed by atoms with Crippen molar-refractivity contribution < 1.29 is 14.4 Å². The minimum Gasteiger partial charge on any atom is -0.331 e. The number of aryl methyl sites for hydroxylation is 1. The van der Waals surface area contributed by atoms with Crippen LogP contribution in [-0.4, -0.2) is 44.6 Å². The first kappa shape index (κ1) is 20.0. The molecule has 1 aliphatic heterocycles. The molecule has 1 aromatic carbocycles. The lowest BCUT2D eigenvalue weighted by Gasteiger charge is -2.34. The molecule has 1 atom stereocenters. The smallest absolute Gasteiger partial charge is 0.264 e. The van der Waals surface area contributed by atoms with Crippen LogP contribution in [0.4, 0.5) is 5.69 Å². The first-order chi connectivity index (χ1) is 14.5. The molecule has 0 spiro atoms. The van der Waals surface area contributed by atoms with Crippen LogP contribution in [0.25, 0.3) is 0 Å². The molecule has 0 aliphatic carbocycles. The van der Waals surface area contributed by atoms with Gasteiger partial charge >= 0.3 is 0 Å². The Labute approximate surface area is 178 Å². The molecule has 0 unspecified atom stereocenters. The largest absolute Gasteiger partial charge is 0.331 e. The van der Waals surface area contributed by atoms with Crippen LogP contribution >= 0.6 is 11.3 Å². The lowest BCUT2D eigenvalue weighted by Crippen LogP contribution is -2.49. The van der Waals surface area contributed by atoms with E-state index in [4.69, 9.17) is 0 Å². The molecule has 1 N–H and O–H groups in total. The summed E-state index contributed by atoms with van der Waals surface area (Å²) >= 11 is 1.38. The van der Waals surface area contributed by atoms with Crippen LogP contribution in [0.2, 0.25) is 0 Å². The van der Waals surface area contributed by atoms with Crippen molar-refractivity contribution in [2.24, 2.45) is 7.05 Å². The van der Waals surface area contributed by atoms with Crippen LogP contribution in [0.5, 0.6) is 0 Å². The number of aromatic nitrogens is 2. The molecule has 0 radical (unpaired) electrons. The van der Waals surface area contributed by atoms with Gasteiger partial charge in [0.25, 0.3) is 5.91 Å². The maximum absolute atomic E-state index is 12.9. The lowest BCUT2D eigenvalue weighted by atomic mass is 10.0. The van der Waals surface area contributed by atoms with Crippen LogP contribution < -0.4 is 5.32 Å². The Morgan fingerprint density at radius 2 is 1.93 bits per heavy atom. The molecule has 2 amide bonds. The van der Waals surface area contributed by atoms with Crippen LogP contribution in [0.3, 0.4) is 0 Å². The third-order valence-electron chi connectivity index (χ3n) is 5.24. The number of amides is 2. The molecular weight excluding hydrogens is 400 g/mol. The summed E-state index contributed by atoms with van der Waals surface area (Å²) in [6.45, 7) is 0.575. The third kappa shape index (κ3) is 4.04. The van der Waals surface area contributed by atoms with E-state index in [1.54, 1.807) is 59.2 Å². The van der Waals surface area contributed by atoms with Crippen molar-refractivity contribution in [2.45, 2.75) is 25.3 Å². The average Bonchev–Trinajstić information content (AvgIpc) is 3.45. The van der Waals surface area contributed by atoms with E-state index >= 15 is 0 Å². The zero-order valence-corrected chi connectivity index (χ0v) is 17.4. The molecule has 4 rings (SSSR count). The zero-order chi connectivity index (χ0) is 21.1. The molecule has 30 heavy (non-hydrogen) atoms. The second-order valence-corrected chi connectivity index (χ2v) is 8.19. The van der Waals surface area contributed by atoms with E-state index in [9.17, 15) is 14.4 Å². The van der Waals surface area contributed by atoms with Gasteiger partial charge in [0.2, 0.25) is 11.7 Å². The highest BCUT2D eigenvalue weighted by atomic mass is 32.1. The number of carbonyl (C=O) groups is 3. The predicted octanol–water partition coefficient (Wildman–Crippen LogP) is 3.35. The van der Waals surface area contributed by atoms with E-state index in [1.165, 1.54) is 11.3 Å². The zero-order valence-electron chi connectivity index (χ0n) is 16.6. The number of likely N-dealkylation sites (tertiary alicyclic amines) is 1. The number of hydrogen-bond donors (Lipinski definition) is 1. The van der Waals surface area contributed by atoms with Gasteiger partial charge in [-0.1, -0.05) is 6.07 Å². The van der Waals surface area contributed by atoms with Crippen molar-refractivity contribution in [3.63, 3.8) is 0 Å². The van der Waals surface area contributed by atoms with E-state index < -0.39 is 6.04 Å². The lowest BCUT2D eigenvalue weighted by molar-refractivity contribution is -0.121. The molecule has 154 valence electrons. The number of thiophene rings is 1. The molecule has 8 heteroatoms. The Kier molecular flexibility index (Phi) is 5.76. The van der Waals surface area contributed by atoms with E-state index in [2.05, 4.69) is 10.3 Å². The number of anilines is 1. The van der Waals surface area contributed by atoms with E-state index in [-0.39, 0.29) is 17.6 Å². The molecule has 0 bridgehead atoms. The van der Waals surface area contributed by atoms with Crippen molar-refractivity contribution in [1.82, 2.24) is 14.5 Å². The molecule has 1 saturated heterocycles. The fraction of sp³-hybridized carbons (Fsp3) is 0.273. The summed E-state index contributed by atoms with van der Waals surface area (Å²) in [4.78, 5) is 44.6. The van der Waals surface area contributed by atoms with Gasteiger partial charge in [0, 0.05) is 37.2 Å². The third-order valence-corrected chi connectivity index (χ3v) is 6.10. The summed E-state index contributed by atoms with van der Waals surface area (Å²) in [6.07, 6.45) is 5.73. The van der Waals surface area contributed by atoms with E-state index in [0.29, 0.717) is 34.9 Å². The number of nitrogens with zero attached hydrogens (tertiary/aromatic N) is 3. The summed E-state index contributed by atoms with van der Waals surface area (Å²) in [6, 6.07) is 9.86. The standard InChI is InChI=1S/C22H22N4O3S/c1-25-13-11-23-20(25)19(27)15-7-9-16(10-8-15)24-21(28)17-5-2-3-12-26(17)22(29)18-6-4-14-30-18/h4,6-11,13-14,17H,2-3,5,12H2,1H3,(H,24,28)/t17-/m0/s1. The van der Waals surface area contributed by atoms with Crippen molar-refractivity contribution in [2.75, 3.05) is 11.9 Å². The highest BCUT2D eigenvalue weighted by molar-refractivity contribution is 7.12.